The van der Waals surface area contributed by atoms with Crippen molar-refractivity contribution in [2.75, 3.05) is 19.0 Å². The highest BCUT2D eigenvalue weighted by atomic mass is 32.1. The summed E-state index contributed by atoms with van der Waals surface area (Å²) in [5.41, 5.74) is 2.25. The number of anilines is 1. The van der Waals surface area contributed by atoms with Crippen molar-refractivity contribution >= 4 is 23.0 Å². The second kappa shape index (κ2) is 5.77. The Morgan fingerprint density at radius 3 is 2.95 bits per heavy atom. The number of nitrogens with one attached hydrogen (secondary N) is 1. The van der Waals surface area contributed by atoms with E-state index >= 15 is 0 Å². The Labute approximate surface area is 130 Å². The fourth-order valence-electron chi connectivity index (χ4n) is 2.75. The lowest BCUT2D eigenvalue weighted by molar-refractivity contribution is 0.276. The topological polar surface area (TPSA) is 29.4 Å². The van der Waals surface area contributed by atoms with Crippen LogP contribution in [0.4, 0.5) is 5.69 Å². The average molecular weight is 301 g/mol. The van der Waals surface area contributed by atoms with Gasteiger partial charge in [0, 0.05) is 36.7 Å². The third-order valence-corrected chi connectivity index (χ3v) is 4.26. The van der Waals surface area contributed by atoms with Crippen LogP contribution in [0.2, 0.25) is 0 Å². The van der Waals surface area contributed by atoms with Gasteiger partial charge < -0.3 is 19.5 Å². The van der Waals surface area contributed by atoms with E-state index in [0.29, 0.717) is 0 Å². The van der Waals surface area contributed by atoms with E-state index in [1.54, 1.807) is 7.11 Å². The molecule has 2 heterocycles. The van der Waals surface area contributed by atoms with Crippen molar-refractivity contribution in [3.05, 3.63) is 48.3 Å². The second-order valence-corrected chi connectivity index (χ2v) is 5.54. The monoisotopic (exact) mass is 301 g/mol. The maximum Gasteiger partial charge on any atom is 0.174 e. The summed E-state index contributed by atoms with van der Waals surface area (Å²) in [5.74, 6) is 0.823. The molecular formula is C16H19N3OS. The largest absolute Gasteiger partial charge is 0.497 e. The molecule has 2 aromatic rings. The minimum Gasteiger partial charge on any atom is -0.497 e. The second-order valence-electron chi connectivity index (χ2n) is 5.16. The Morgan fingerprint density at radius 1 is 1.29 bits per heavy atom. The summed E-state index contributed by atoms with van der Waals surface area (Å²) in [6, 6.07) is 12.3. The van der Waals surface area contributed by atoms with Crippen molar-refractivity contribution in [2.24, 2.45) is 0 Å². The minimum absolute atomic E-state index is 0.277. The number of hydrogen-bond acceptors (Lipinski definition) is 2. The van der Waals surface area contributed by atoms with Crippen LogP contribution < -0.4 is 10.1 Å². The highest BCUT2D eigenvalue weighted by Crippen LogP contribution is 2.26. The van der Waals surface area contributed by atoms with Gasteiger partial charge in [0.25, 0.3) is 0 Å². The van der Waals surface area contributed by atoms with Crippen molar-refractivity contribution < 1.29 is 4.74 Å². The van der Waals surface area contributed by atoms with E-state index in [-0.39, 0.29) is 6.04 Å². The van der Waals surface area contributed by atoms with Crippen LogP contribution in [0, 0.1) is 0 Å². The van der Waals surface area contributed by atoms with Crippen molar-refractivity contribution in [1.82, 2.24) is 9.47 Å². The minimum atomic E-state index is 0.277. The van der Waals surface area contributed by atoms with Gasteiger partial charge >= 0.3 is 0 Å². The molecule has 1 aliphatic rings. The van der Waals surface area contributed by atoms with Crippen LogP contribution in [-0.2, 0) is 6.54 Å². The fraction of sp³-hybridized carbons (Fsp3) is 0.312. The summed E-state index contributed by atoms with van der Waals surface area (Å²) < 4.78 is 7.53. The SMILES string of the molecule is COc1cccc(NC(=S)N2CCn3cccc3[C@H]2C)c1. The third-order valence-electron chi connectivity index (χ3n) is 3.92. The number of benzene rings is 1. The van der Waals surface area contributed by atoms with Gasteiger partial charge in [-0.25, -0.2) is 0 Å². The fourth-order valence-corrected chi connectivity index (χ4v) is 3.12. The molecule has 0 bridgehead atoms. The zero-order chi connectivity index (χ0) is 14.8. The zero-order valence-electron chi connectivity index (χ0n) is 12.2. The first-order valence-corrected chi connectivity index (χ1v) is 7.46. The van der Waals surface area contributed by atoms with E-state index in [0.717, 1.165) is 29.6 Å². The first kappa shape index (κ1) is 13.9. The molecule has 4 nitrogen and oxygen atoms in total. The molecule has 0 unspecified atom stereocenters. The molecular weight excluding hydrogens is 282 g/mol. The normalized spacial score (nSPS) is 17.2. The Bertz CT molecular complexity index is 652. The summed E-state index contributed by atoms with van der Waals surface area (Å²) in [5, 5.41) is 4.06. The highest BCUT2D eigenvalue weighted by Gasteiger charge is 2.25. The van der Waals surface area contributed by atoms with Gasteiger partial charge in [-0.15, -0.1) is 0 Å². The van der Waals surface area contributed by atoms with Crippen molar-refractivity contribution in [3.63, 3.8) is 0 Å². The molecule has 110 valence electrons. The molecule has 1 aliphatic heterocycles. The average Bonchev–Trinajstić information content (AvgIpc) is 2.97. The molecule has 0 spiro atoms. The summed E-state index contributed by atoms with van der Waals surface area (Å²) in [6.45, 7) is 4.07. The number of thiocarbonyl (C=S) groups is 1. The van der Waals surface area contributed by atoms with Crippen LogP contribution in [0.3, 0.4) is 0 Å². The van der Waals surface area contributed by atoms with Crippen LogP contribution in [-0.4, -0.2) is 28.2 Å². The molecule has 0 saturated carbocycles. The van der Waals surface area contributed by atoms with Crippen LogP contribution in [0.25, 0.3) is 0 Å². The van der Waals surface area contributed by atoms with Crippen LogP contribution in [0.15, 0.2) is 42.6 Å². The lowest BCUT2D eigenvalue weighted by atomic mass is 10.1. The molecule has 3 rings (SSSR count). The predicted octanol–water partition coefficient (Wildman–Crippen LogP) is 3.27. The molecule has 1 atom stereocenters. The van der Waals surface area contributed by atoms with E-state index in [1.807, 2.05) is 24.3 Å². The van der Waals surface area contributed by atoms with Gasteiger partial charge in [-0.3, -0.25) is 0 Å². The van der Waals surface area contributed by atoms with E-state index in [2.05, 4.69) is 40.0 Å². The molecule has 0 amide bonds. The summed E-state index contributed by atoms with van der Waals surface area (Å²) in [6.07, 6.45) is 2.13. The number of rotatable bonds is 2. The van der Waals surface area contributed by atoms with E-state index < -0.39 is 0 Å². The lowest BCUT2D eigenvalue weighted by Gasteiger charge is -2.36. The van der Waals surface area contributed by atoms with Crippen LogP contribution >= 0.6 is 12.2 Å². The first-order valence-electron chi connectivity index (χ1n) is 7.06. The van der Waals surface area contributed by atoms with E-state index in [4.69, 9.17) is 17.0 Å². The standard InChI is InChI=1S/C16H19N3OS/c1-12-15-7-4-8-18(15)9-10-19(12)16(21)17-13-5-3-6-14(11-13)20-2/h3-8,11-12H,9-10H2,1-2H3,(H,17,21)/t12-/m1/s1. The summed E-state index contributed by atoms with van der Waals surface area (Å²) in [7, 11) is 1.66. The Balaban J connectivity index is 1.74. The highest BCUT2D eigenvalue weighted by molar-refractivity contribution is 7.80. The molecule has 0 fully saturated rings. The third kappa shape index (κ3) is 2.74. The zero-order valence-corrected chi connectivity index (χ0v) is 13.1. The van der Waals surface area contributed by atoms with Gasteiger partial charge in [0.2, 0.25) is 0 Å². The summed E-state index contributed by atoms with van der Waals surface area (Å²) >= 11 is 5.58. The van der Waals surface area contributed by atoms with Gasteiger partial charge in [-0.05, 0) is 43.4 Å². The lowest BCUT2D eigenvalue weighted by Crippen LogP contribution is -2.42. The van der Waals surface area contributed by atoms with Gasteiger partial charge in [-0.2, -0.15) is 0 Å². The molecule has 0 aliphatic carbocycles. The smallest absolute Gasteiger partial charge is 0.174 e. The Hall–Kier alpha value is -2.01. The van der Waals surface area contributed by atoms with Gasteiger partial charge in [-0.1, -0.05) is 6.07 Å². The van der Waals surface area contributed by atoms with Gasteiger partial charge in [0.15, 0.2) is 5.11 Å². The van der Waals surface area contributed by atoms with Crippen molar-refractivity contribution in [2.45, 2.75) is 19.5 Å². The molecule has 0 saturated heterocycles. The molecule has 1 aromatic heterocycles. The summed E-state index contributed by atoms with van der Waals surface area (Å²) in [4.78, 5) is 2.23. The van der Waals surface area contributed by atoms with Crippen LogP contribution in [0.1, 0.15) is 18.7 Å². The number of aromatic nitrogens is 1. The van der Waals surface area contributed by atoms with Gasteiger partial charge in [0.1, 0.15) is 5.75 Å². The van der Waals surface area contributed by atoms with Crippen molar-refractivity contribution in [1.29, 1.82) is 0 Å². The maximum absolute atomic E-state index is 5.58. The number of methoxy groups -OCH3 is 1. The molecule has 0 radical (unpaired) electrons. The van der Waals surface area contributed by atoms with E-state index in [1.165, 1.54) is 5.69 Å². The number of fused-ring (bicyclic) bond motifs is 1. The Kier molecular flexibility index (Phi) is 3.84. The maximum atomic E-state index is 5.58. The Morgan fingerprint density at radius 2 is 2.14 bits per heavy atom. The number of nitrogens with zero attached hydrogens (tertiary/aromatic N) is 2. The molecule has 1 aromatic carbocycles. The van der Waals surface area contributed by atoms with E-state index in [9.17, 15) is 0 Å². The molecule has 5 heteroatoms. The molecule has 1 N–H and O–H groups in total. The number of hydrogen-bond donors (Lipinski definition) is 1. The quantitative estimate of drug-likeness (QED) is 0.862. The molecule has 21 heavy (non-hydrogen) atoms. The first-order chi connectivity index (χ1) is 10.2. The number of ether oxygens (including phenoxy) is 1. The van der Waals surface area contributed by atoms with Gasteiger partial charge in [0.05, 0.1) is 13.2 Å². The van der Waals surface area contributed by atoms with Crippen LogP contribution in [0.5, 0.6) is 5.75 Å². The predicted molar refractivity (Wildman–Crippen MR) is 88.8 cm³/mol. The van der Waals surface area contributed by atoms with Crippen molar-refractivity contribution in [3.8, 4) is 5.75 Å².